The summed E-state index contributed by atoms with van der Waals surface area (Å²) in [5.41, 5.74) is -1.04. The van der Waals surface area contributed by atoms with Gasteiger partial charge in [-0.25, -0.2) is 19.3 Å². The maximum Gasteiger partial charge on any atom is 0.442 e. The maximum absolute atomic E-state index is 12.2. The number of nitrogens with one attached hydrogen (secondary N) is 1. The molecule has 23 heavy (non-hydrogen) atoms. The van der Waals surface area contributed by atoms with Gasteiger partial charge in [-0.1, -0.05) is 19.0 Å². The van der Waals surface area contributed by atoms with Crippen molar-refractivity contribution in [1.82, 2.24) is 25.0 Å². The zero-order chi connectivity index (χ0) is 17.0. The number of aromatic nitrogens is 4. The smallest absolute Gasteiger partial charge is 0.336 e. The molecule has 9 heteroatoms. The SMILES string of the molecule is CC(C)C(C)(C#N)NC(=O)Cn1c(-c2ncccn2)noc1=O. The average molecular weight is 316 g/mol. The largest absolute Gasteiger partial charge is 0.442 e. The van der Waals surface area contributed by atoms with E-state index in [1.165, 1.54) is 12.4 Å². The van der Waals surface area contributed by atoms with Crippen molar-refractivity contribution in [2.75, 3.05) is 0 Å². The van der Waals surface area contributed by atoms with Gasteiger partial charge in [-0.3, -0.25) is 9.32 Å². The lowest BCUT2D eigenvalue weighted by molar-refractivity contribution is -0.123. The number of rotatable bonds is 5. The monoisotopic (exact) mass is 316 g/mol. The zero-order valence-corrected chi connectivity index (χ0v) is 13.0. The molecule has 1 unspecified atom stereocenters. The fraction of sp³-hybridized carbons (Fsp3) is 0.429. The molecule has 0 aliphatic heterocycles. The van der Waals surface area contributed by atoms with Crippen molar-refractivity contribution in [3.05, 3.63) is 29.0 Å². The van der Waals surface area contributed by atoms with E-state index in [1.54, 1.807) is 13.0 Å². The highest BCUT2D eigenvalue weighted by atomic mass is 16.5. The zero-order valence-electron chi connectivity index (χ0n) is 13.0. The third kappa shape index (κ3) is 3.42. The van der Waals surface area contributed by atoms with E-state index < -0.39 is 17.2 Å². The average Bonchev–Trinajstić information content (AvgIpc) is 2.88. The van der Waals surface area contributed by atoms with E-state index >= 15 is 0 Å². The molecule has 0 radical (unpaired) electrons. The molecule has 0 saturated heterocycles. The number of carbonyl (C=O) groups excluding carboxylic acids is 1. The summed E-state index contributed by atoms with van der Waals surface area (Å²) >= 11 is 0. The Kier molecular flexibility index (Phi) is 4.55. The van der Waals surface area contributed by atoms with Crippen molar-refractivity contribution in [2.24, 2.45) is 5.92 Å². The second-order valence-corrected chi connectivity index (χ2v) is 5.45. The van der Waals surface area contributed by atoms with Gasteiger partial charge in [0, 0.05) is 12.4 Å². The summed E-state index contributed by atoms with van der Waals surface area (Å²) in [5.74, 6) is -1.20. The Morgan fingerprint density at radius 1 is 1.48 bits per heavy atom. The highest BCUT2D eigenvalue weighted by molar-refractivity contribution is 5.77. The molecule has 1 atom stereocenters. The summed E-state index contributed by atoms with van der Waals surface area (Å²) in [4.78, 5) is 31.9. The van der Waals surface area contributed by atoms with Crippen LogP contribution in [0.2, 0.25) is 0 Å². The van der Waals surface area contributed by atoms with E-state index in [1.807, 2.05) is 13.8 Å². The highest BCUT2D eigenvalue weighted by Gasteiger charge is 2.30. The van der Waals surface area contributed by atoms with Crippen molar-refractivity contribution >= 4 is 5.91 Å². The van der Waals surface area contributed by atoms with Gasteiger partial charge in [-0.05, 0) is 18.9 Å². The molecule has 0 aliphatic rings. The Morgan fingerprint density at radius 2 is 2.13 bits per heavy atom. The third-order valence-electron chi connectivity index (χ3n) is 3.54. The molecule has 2 rings (SSSR count). The standard InChI is InChI=1S/C14H16N6O3/c1-9(2)14(3,8-15)18-10(21)7-20-12(19-23-13(20)22)11-16-5-4-6-17-11/h4-6,9H,7H2,1-3H3,(H,18,21). The predicted molar refractivity (Wildman–Crippen MR) is 78.8 cm³/mol. The number of hydrogen-bond donors (Lipinski definition) is 1. The molecule has 2 aromatic rings. The minimum Gasteiger partial charge on any atom is -0.336 e. The van der Waals surface area contributed by atoms with Gasteiger partial charge in [0.05, 0.1) is 6.07 Å². The fourth-order valence-corrected chi connectivity index (χ4v) is 1.76. The summed E-state index contributed by atoms with van der Waals surface area (Å²) in [6, 6.07) is 3.68. The molecule has 1 N–H and O–H groups in total. The van der Waals surface area contributed by atoms with Gasteiger partial charge < -0.3 is 5.32 Å². The van der Waals surface area contributed by atoms with Crippen molar-refractivity contribution in [2.45, 2.75) is 32.9 Å². The van der Waals surface area contributed by atoms with E-state index in [4.69, 9.17) is 0 Å². The molecule has 0 aromatic carbocycles. The molecule has 0 fully saturated rings. The third-order valence-corrected chi connectivity index (χ3v) is 3.54. The minimum absolute atomic E-state index is 0.0500. The molecular weight excluding hydrogens is 300 g/mol. The van der Waals surface area contributed by atoms with Crippen LogP contribution in [-0.2, 0) is 11.3 Å². The van der Waals surface area contributed by atoms with Gasteiger partial charge in [-0.2, -0.15) is 5.26 Å². The number of hydrogen-bond acceptors (Lipinski definition) is 7. The molecular formula is C14H16N6O3. The lowest BCUT2D eigenvalue weighted by atomic mass is 9.90. The Balaban J connectivity index is 2.25. The topological polar surface area (TPSA) is 127 Å². The van der Waals surface area contributed by atoms with Crippen molar-refractivity contribution < 1.29 is 9.32 Å². The molecule has 0 spiro atoms. The van der Waals surface area contributed by atoms with Gasteiger partial charge in [0.2, 0.25) is 11.7 Å². The summed E-state index contributed by atoms with van der Waals surface area (Å²) < 4.78 is 5.60. The molecule has 2 heterocycles. The van der Waals surface area contributed by atoms with E-state index in [0.29, 0.717) is 0 Å². The molecule has 0 saturated carbocycles. The van der Waals surface area contributed by atoms with Crippen LogP contribution in [0.4, 0.5) is 0 Å². The van der Waals surface area contributed by atoms with Crippen LogP contribution in [-0.4, -0.2) is 31.1 Å². The van der Waals surface area contributed by atoms with Crippen LogP contribution in [0.25, 0.3) is 11.6 Å². The normalized spacial score (nSPS) is 13.3. The molecule has 2 aromatic heterocycles. The first kappa shape index (κ1) is 16.4. The van der Waals surface area contributed by atoms with Crippen molar-refractivity contribution in [1.29, 1.82) is 5.26 Å². The van der Waals surface area contributed by atoms with Crippen LogP contribution in [0.5, 0.6) is 0 Å². The number of carbonyl (C=O) groups is 1. The first-order valence-electron chi connectivity index (χ1n) is 6.93. The van der Waals surface area contributed by atoms with Crippen molar-refractivity contribution in [3.63, 3.8) is 0 Å². The maximum atomic E-state index is 12.2. The van der Waals surface area contributed by atoms with Crippen molar-refractivity contribution in [3.8, 4) is 17.7 Å². The predicted octanol–water partition coefficient (Wildman–Crippen LogP) is 0.348. The second kappa shape index (κ2) is 6.39. The number of nitrogens with zero attached hydrogens (tertiary/aromatic N) is 5. The second-order valence-electron chi connectivity index (χ2n) is 5.45. The van der Waals surface area contributed by atoms with Crippen LogP contribution >= 0.6 is 0 Å². The summed E-state index contributed by atoms with van der Waals surface area (Å²) in [7, 11) is 0. The van der Waals surface area contributed by atoms with Gasteiger partial charge in [0.25, 0.3) is 0 Å². The van der Waals surface area contributed by atoms with Crippen LogP contribution in [0.15, 0.2) is 27.8 Å². The fourth-order valence-electron chi connectivity index (χ4n) is 1.76. The van der Waals surface area contributed by atoms with E-state index in [9.17, 15) is 14.9 Å². The van der Waals surface area contributed by atoms with Crippen LogP contribution < -0.4 is 11.1 Å². The van der Waals surface area contributed by atoms with E-state index in [2.05, 4.69) is 31.0 Å². The van der Waals surface area contributed by atoms with Gasteiger partial charge in [0.1, 0.15) is 12.1 Å². The van der Waals surface area contributed by atoms with Crippen LogP contribution in [0, 0.1) is 17.2 Å². The lowest BCUT2D eigenvalue weighted by Crippen LogP contribution is -2.50. The Labute approximate surface area is 132 Å². The van der Waals surface area contributed by atoms with Gasteiger partial charge in [-0.15, -0.1) is 0 Å². The lowest BCUT2D eigenvalue weighted by Gasteiger charge is -2.27. The first-order chi connectivity index (χ1) is 10.9. The van der Waals surface area contributed by atoms with E-state index in [0.717, 1.165) is 4.57 Å². The minimum atomic E-state index is -1.04. The molecule has 0 bridgehead atoms. The summed E-state index contributed by atoms with van der Waals surface area (Å²) in [6.07, 6.45) is 2.97. The molecule has 9 nitrogen and oxygen atoms in total. The summed E-state index contributed by atoms with van der Waals surface area (Å²) in [6.45, 7) is 4.91. The van der Waals surface area contributed by atoms with Crippen LogP contribution in [0.1, 0.15) is 20.8 Å². The van der Waals surface area contributed by atoms with Gasteiger partial charge in [0.15, 0.2) is 5.82 Å². The quantitative estimate of drug-likeness (QED) is 0.843. The van der Waals surface area contributed by atoms with E-state index in [-0.39, 0.29) is 24.1 Å². The Hall–Kier alpha value is -3.02. The molecule has 120 valence electrons. The Bertz CT molecular complexity index is 789. The highest BCUT2D eigenvalue weighted by Crippen LogP contribution is 2.15. The summed E-state index contributed by atoms with van der Waals surface area (Å²) in [5, 5.41) is 15.4. The van der Waals surface area contributed by atoms with Crippen LogP contribution in [0.3, 0.4) is 0 Å². The first-order valence-corrected chi connectivity index (χ1v) is 6.93. The number of nitriles is 1. The number of amides is 1. The van der Waals surface area contributed by atoms with Gasteiger partial charge >= 0.3 is 5.76 Å². The Morgan fingerprint density at radius 3 is 2.70 bits per heavy atom. The molecule has 0 aliphatic carbocycles. The molecule has 1 amide bonds.